The molecule has 0 spiro atoms. The Morgan fingerprint density at radius 1 is 1.08 bits per heavy atom. The quantitative estimate of drug-likeness (QED) is 0.835. The molecular weight excluding hydrogens is 316 g/mol. The molecule has 140 valence electrons. The van der Waals surface area contributed by atoms with Crippen molar-refractivity contribution in [2.45, 2.75) is 77.7 Å². The first-order valence-corrected chi connectivity index (χ1v) is 10.2. The third-order valence-electron chi connectivity index (χ3n) is 8.80. The van der Waals surface area contributed by atoms with Crippen molar-refractivity contribution in [3.63, 3.8) is 0 Å². The molecule has 0 aromatic rings. The fraction of sp³-hybridized carbons (Fsp3) is 0.905. The van der Waals surface area contributed by atoms with Gasteiger partial charge in [-0.2, -0.15) is 0 Å². The number of hydrogen-bond acceptors (Lipinski definition) is 3. The van der Waals surface area contributed by atoms with Crippen molar-refractivity contribution in [2.75, 3.05) is 6.61 Å². The van der Waals surface area contributed by atoms with Gasteiger partial charge in [0.25, 0.3) is 0 Å². The summed E-state index contributed by atoms with van der Waals surface area (Å²) in [5, 5.41) is 8.97. The van der Waals surface area contributed by atoms with E-state index in [1.165, 1.54) is 25.7 Å². The van der Waals surface area contributed by atoms with Gasteiger partial charge >= 0.3 is 5.97 Å². The van der Waals surface area contributed by atoms with Crippen molar-refractivity contribution in [3.05, 3.63) is 0 Å². The third-order valence-corrected chi connectivity index (χ3v) is 8.80. The summed E-state index contributed by atoms with van der Waals surface area (Å²) in [6.07, 6.45) is 9.81. The van der Waals surface area contributed by atoms with Crippen LogP contribution in [0.15, 0.2) is 0 Å². The normalized spacial score (nSPS) is 49.2. The van der Waals surface area contributed by atoms with Crippen molar-refractivity contribution in [1.82, 2.24) is 0 Å². The van der Waals surface area contributed by atoms with Crippen LogP contribution in [0.5, 0.6) is 0 Å². The molecule has 0 aliphatic heterocycles. The van der Waals surface area contributed by atoms with Gasteiger partial charge in [0, 0.05) is 12.8 Å². The molecule has 25 heavy (non-hydrogen) atoms. The highest BCUT2D eigenvalue weighted by Crippen LogP contribution is 2.66. The Morgan fingerprint density at radius 2 is 1.84 bits per heavy atom. The number of aliphatic carboxylic acids is 1. The largest absolute Gasteiger partial charge is 0.480 e. The van der Waals surface area contributed by atoms with Gasteiger partial charge in [-0.1, -0.05) is 13.8 Å². The van der Waals surface area contributed by atoms with Gasteiger partial charge in [-0.15, -0.1) is 0 Å². The van der Waals surface area contributed by atoms with Crippen LogP contribution in [-0.4, -0.2) is 29.6 Å². The summed E-state index contributed by atoms with van der Waals surface area (Å²) in [5.74, 6) is 2.37. The van der Waals surface area contributed by atoms with E-state index >= 15 is 0 Å². The number of Topliss-reactive ketones (excluding diaryl/α,β-unsaturated/α-hetero) is 1. The Labute approximate surface area is 150 Å². The first-order chi connectivity index (χ1) is 11.8. The second kappa shape index (κ2) is 6.07. The zero-order valence-electron chi connectivity index (χ0n) is 15.6. The summed E-state index contributed by atoms with van der Waals surface area (Å²) in [4.78, 5) is 22.9. The van der Waals surface area contributed by atoms with Crippen LogP contribution in [0.1, 0.15) is 71.6 Å². The van der Waals surface area contributed by atoms with E-state index in [9.17, 15) is 9.59 Å². The second-order valence-corrected chi connectivity index (χ2v) is 9.71. The highest BCUT2D eigenvalue weighted by atomic mass is 16.5. The number of ether oxygens (including phenoxy) is 1. The Hall–Kier alpha value is -0.900. The van der Waals surface area contributed by atoms with Crippen LogP contribution in [0.25, 0.3) is 0 Å². The Kier molecular flexibility index (Phi) is 4.25. The number of hydrogen-bond donors (Lipinski definition) is 1. The van der Waals surface area contributed by atoms with Crippen LogP contribution < -0.4 is 0 Å². The van der Waals surface area contributed by atoms with Crippen LogP contribution in [0, 0.1) is 34.5 Å². The fourth-order valence-corrected chi connectivity index (χ4v) is 7.44. The van der Waals surface area contributed by atoms with Gasteiger partial charge in [0.15, 0.2) is 0 Å². The van der Waals surface area contributed by atoms with Gasteiger partial charge in [-0.3, -0.25) is 4.79 Å². The summed E-state index contributed by atoms with van der Waals surface area (Å²) < 4.78 is 5.82. The van der Waals surface area contributed by atoms with Crippen molar-refractivity contribution < 1.29 is 19.4 Å². The SMILES string of the molecule is CC12CCC(=O)CC1CCC1C2CCC2(C)C(OCC(=O)O)CCC12. The molecule has 0 bridgehead atoms. The fourth-order valence-electron chi connectivity index (χ4n) is 7.44. The molecule has 1 N–H and O–H groups in total. The molecule has 0 aromatic heterocycles. The van der Waals surface area contributed by atoms with Crippen molar-refractivity contribution in [3.8, 4) is 0 Å². The van der Waals surface area contributed by atoms with E-state index in [0.29, 0.717) is 23.0 Å². The van der Waals surface area contributed by atoms with Crippen molar-refractivity contribution >= 4 is 11.8 Å². The molecule has 4 aliphatic carbocycles. The minimum Gasteiger partial charge on any atom is -0.480 e. The van der Waals surface area contributed by atoms with E-state index in [1.807, 2.05) is 0 Å². The van der Waals surface area contributed by atoms with Gasteiger partial charge in [0.1, 0.15) is 12.4 Å². The molecule has 0 radical (unpaired) electrons. The van der Waals surface area contributed by atoms with Gasteiger partial charge in [-0.05, 0) is 79.4 Å². The number of carbonyl (C=O) groups is 2. The summed E-state index contributed by atoms with van der Waals surface area (Å²) in [6, 6.07) is 0. The topological polar surface area (TPSA) is 63.6 Å². The predicted molar refractivity (Wildman–Crippen MR) is 94.1 cm³/mol. The van der Waals surface area contributed by atoms with E-state index in [-0.39, 0.29) is 18.1 Å². The summed E-state index contributed by atoms with van der Waals surface area (Å²) in [7, 11) is 0. The lowest BCUT2D eigenvalue weighted by molar-refractivity contribution is -0.156. The maximum atomic E-state index is 12.0. The van der Waals surface area contributed by atoms with Crippen LogP contribution in [-0.2, 0) is 14.3 Å². The van der Waals surface area contributed by atoms with E-state index in [0.717, 1.165) is 43.9 Å². The molecule has 7 unspecified atom stereocenters. The molecule has 4 heteroatoms. The molecule has 7 atom stereocenters. The standard InChI is InChI=1S/C21H32O4/c1-20-9-7-14(22)11-13(20)3-4-15-16-5-6-18(25-12-19(23)24)21(16,2)10-8-17(15)20/h13,15-18H,3-12H2,1-2H3,(H,23,24). The summed E-state index contributed by atoms with van der Waals surface area (Å²) in [5.41, 5.74) is 0.489. The van der Waals surface area contributed by atoms with Crippen molar-refractivity contribution in [1.29, 1.82) is 0 Å². The monoisotopic (exact) mass is 348 g/mol. The molecule has 0 heterocycles. The molecule has 4 saturated carbocycles. The van der Waals surface area contributed by atoms with E-state index in [1.54, 1.807) is 0 Å². The van der Waals surface area contributed by atoms with Crippen LogP contribution in [0.2, 0.25) is 0 Å². The molecule has 0 amide bonds. The number of carbonyl (C=O) groups excluding carboxylic acids is 1. The Morgan fingerprint density at radius 3 is 2.60 bits per heavy atom. The molecular formula is C21H32O4. The molecule has 0 saturated heterocycles. The lowest BCUT2D eigenvalue weighted by Crippen LogP contribution is -2.54. The van der Waals surface area contributed by atoms with Gasteiger partial charge in [-0.25, -0.2) is 4.79 Å². The van der Waals surface area contributed by atoms with E-state index in [4.69, 9.17) is 9.84 Å². The van der Waals surface area contributed by atoms with Gasteiger partial charge in [0.05, 0.1) is 6.10 Å². The molecule has 4 fully saturated rings. The Balaban J connectivity index is 1.54. The lowest BCUT2D eigenvalue weighted by atomic mass is 9.45. The van der Waals surface area contributed by atoms with Crippen molar-refractivity contribution in [2.24, 2.45) is 34.5 Å². The van der Waals surface area contributed by atoms with E-state index in [2.05, 4.69) is 13.8 Å². The molecule has 0 aromatic carbocycles. The van der Waals surface area contributed by atoms with E-state index < -0.39 is 5.97 Å². The first kappa shape index (κ1) is 17.5. The molecule has 4 rings (SSSR count). The number of ketones is 1. The average molecular weight is 348 g/mol. The number of carboxylic acid groups (broad SMARTS) is 1. The third kappa shape index (κ3) is 2.67. The summed E-state index contributed by atoms with van der Waals surface area (Å²) in [6.45, 7) is 4.66. The molecule has 4 aliphatic rings. The molecule has 4 nitrogen and oxygen atoms in total. The van der Waals surface area contributed by atoms with Crippen LogP contribution >= 0.6 is 0 Å². The van der Waals surface area contributed by atoms with Crippen LogP contribution in [0.4, 0.5) is 0 Å². The summed E-state index contributed by atoms with van der Waals surface area (Å²) >= 11 is 0. The highest BCUT2D eigenvalue weighted by Gasteiger charge is 2.60. The zero-order chi connectivity index (χ0) is 17.8. The lowest BCUT2D eigenvalue weighted by Gasteiger charge is -2.60. The zero-order valence-corrected chi connectivity index (χ0v) is 15.6. The van der Waals surface area contributed by atoms with Gasteiger partial charge < -0.3 is 9.84 Å². The highest BCUT2D eigenvalue weighted by molar-refractivity contribution is 5.79. The maximum Gasteiger partial charge on any atom is 0.329 e. The number of carboxylic acids is 1. The minimum atomic E-state index is -0.861. The first-order valence-electron chi connectivity index (χ1n) is 10.2. The predicted octanol–water partition coefficient (Wildman–Crippen LogP) is 4.07. The van der Waals surface area contributed by atoms with Gasteiger partial charge in [0.2, 0.25) is 0 Å². The number of rotatable bonds is 3. The van der Waals surface area contributed by atoms with Crippen LogP contribution in [0.3, 0.4) is 0 Å². The minimum absolute atomic E-state index is 0.105. The smallest absolute Gasteiger partial charge is 0.329 e. The number of fused-ring (bicyclic) bond motifs is 5. The second-order valence-electron chi connectivity index (χ2n) is 9.71. The maximum absolute atomic E-state index is 12.0. The average Bonchev–Trinajstić information content (AvgIpc) is 2.90. The Bertz CT molecular complexity index is 572.